The maximum absolute atomic E-state index is 12.4. The molecule has 1 amide bonds. The molecule has 0 saturated carbocycles. The summed E-state index contributed by atoms with van der Waals surface area (Å²) in [4.78, 5) is 26.2. The zero-order valence-corrected chi connectivity index (χ0v) is 12.6. The highest BCUT2D eigenvalue weighted by atomic mass is 16.5. The summed E-state index contributed by atoms with van der Waals surface area (Å²) in [5.74, 6) is 0.661. The van der Waals surface area contributed by atoms with Crippen LogP contribution in [0.2, 0.25) is 0 Å². The van der Waals surface area contributed by atoms with Gasteiger partial charge in [0.1, 0.15) is 12.3 Å². The van der Waals surface area contributed by atoms with Crippen LogP contribution in [0.1, 0.15) is 13.8 Å². The van der Waals surface area contributed by atoms with Crippen molar-refractivity contribution in [3.63, 3.8) is 0 Å². The van der Waals surface area contributed by atoms with Crippen molar-refractivity contribution >= 4 is 16.7 Å². The molecular weight excluding hydrogens is 268 g/mol. The van der Waals surface area contributed by atoms with Crippen LogP contribution in [0.3, 0.4) is 0 Å². The molecule has 0 bridgehead atoms. The number of carbonyl (C=O) groups excluding carboxylic acids is 1. The number of ether oxygens (including phenoxy) is 1. The minimum Gasteiger partial charge on any atom is -0.497 e. The van der Waals surface area contributed by atoms with Gasteiger partial charge in [-0.25, -0.2) is 0 Å². The van der Waals surface area contributed by atoms with E-state index in [1.165, 1.54) is 4.57 Å². The molecular formula is C16H20N2O3. The lowest BCUT2D eigenvalue weighted by Gasteiger charge is -2.19. The van der Waals surface area contributed by atoms with Crippen LogP contribution in [0.5, 0.6) is 5.75 Å². The zero-order chi connectivity index (χ0) is 15.4. The Kier molecular flexibility index (Phi) is 4.62. The van der Waals surface area contributed by atoms with Gasteiger partial charge in [0.25, 0.3) is 5.56 Å². The Morgan fingerprint density at radius 1 is 1.24 bits per heavy atom. The Balaban J connectivity index is 2.36. The maximum Gasteiger partial charge on any atom is 0.258 e. The molecule has 5 nitrogen and oxygen atoms in total. The van der Waals surface area contributed by atoms with Crippen molar-refractivity contribution in [1.29, 1.82) is 0 Å². The largest absolute Gasteiger partial charge is 0.497 e. The fourth-order valence-corrected chi connectivity index (χ4v) is 2.34. The van der Waals surface area contributed by atoms with E-state index in [0.717, 1.165) is 5.39 Å². The molecule has 0 saturated heterocycles. The molecule has 5 heteroatoms. The number of rotatable bonds is 5. The molecule has 0 atom stereocenters. The van der Waals surface area contributed by atoms with Crippen LogP contribution in [0, 0.1) is 0 Å². The van der Waals surface area contributed by atoms with Crippen molar-refractivity contribution in [3.05, 3.63) is 40.8 Å². The van der Waals surface area contributed by atoms with Crippen molar-refractivity contribution in [2.75, 3.05) is 20.2 Å². The third-order valence-corrected chi connectivity index (χ3v) is 3.61. The lowest BCUT2D eigenvalue weighted by molar-refractivity contribution is -0.131. The van der Waals surface area contributed by atoms with E-state index >= 15 is 0 Å². The van der Waals surface area contributed by atoms with Crippen LogP contribution >= 0.6 is 0 Å². The highest BCUT2D eigenvalue weighted by molar-refractivity contribution is 5.83. The third kappa shape index (κ3) is 3.07. The zero-order valence-electron chi connectivity index (χ0n) is 12.6. The number of hydrogen-bond acceptors (Lipinski definition) is 3. The Bertz CT molecular complexity index is 702. The van der Waals surface area contributed by atoms with Crippen LogP contribution < -0.4 is 10.3 Å². The predicted molar refractivity (Wildman–Crippen MR) is 82.7 cm³/mol. The molecule has 0 spiro atoms. The number of benzene rings is 1. The predicted octanol–water partition coefficient (Wildman–Crippen LogP) is 1.88. The molecule has 0 aliphatic rings. The quantitative estimate of drug-likeness (QED) is 0.844. The Morgan fingerprint density at radius 2 is 1.95 bits per heavy atom. The van der Waals surface area contributed by atoms with Crippen molar-refractivity contribution in [2.45, 2.75) is 20.4 Å². The summed E-state index contributed by atoms with van der Waals surface area (Å²) in [5.41, 5.74) is -0.157. The van der Waals surface area contributed by atoms with E-state index < -0.39 is 0 Å². The number of carbonyl (C=O) groups is 1. The van der Waals surface area contributed by atoms with Crippen LogP contribution in [-0.2, 0) is 11.3 Å². The summed E-state index contributed by atoms with van der Waals surface area (Å²) in [6, 6.07) is 7.12. The summed E-state index contributed by atoms with van der Waals surface area (Å²) in [6.07, 6.45) is 1.66. The monoisotopic (exact) mass is 288 g/mol. The second kappa shape index (κ2) is 6.43. The van der Waals surface area contributed by atoms with Gasteiger partial charge in [0.05, 0.1) is 7.11 Å². The highest BCUT2D eigenvalue weighted by Crippen LogP contribution is 2.17. The number of hydrogen-bond donors (Lipinski definition) is 0. The van der Waals surface area contributed by atoms with Gasteiger partial charge in [0, 0.05) is 24.7 Å². The number of methoxy groups -OCH3 is 1. The first-order valence-electron chi connectivity index (χ1n) is 7.05. The van der Waals surface area contributed by atoms with Crippen LogP contribution in [0.25, 0.3) is 10.8 Å². The fraction of sp³-hybridized carbons (Fsp3) is 0.375. The van der Waals surface area contributed by atoms with Gasteiger partial charge in [0.15, 0.2) is 0 Å². The molecule has 1 heterocycles. The van der Waals surface area contributed by atoms with Crippen molar-refractivity contribution in [2.24, 2.45) is 0 Å². The van der Waals surface area contributed by atoms with Gasteiger partial charge >= 0.3 is 0 Å². The molecule has 0 N–H and O–H groups in total. The van der Waals surface area contributed by atoms with Crippen LogP contribution in [0.15, 0.2) is 35.3 Å². The molecule has 2 aromatic rings. The molecule has 2 rings (SSSR count). The highest BCUT2D eigenvalue weighted by Gasteiger charge is 2.12. The summed E-state index contributed by atoms with van der Waals surface area (Å²) in [5, 5.41) is 1.40. The van der Waals surface area contributed by atoms with Crippen LogP contribution in [-0.4, -0.2) is 35.6 Å². The lowest BCUT2D eigenvalue weighted by Crippen LogP contribution is -2.36. The topological polar surface area (TPSA) is 51.5 Å². The number of nitrogens with zero attached hydrogens (tertiary/aromatic N) is 2. The maximum atomic E-state index is 12.4. The number of amides is 1. The summed E-state index contributed by atoms with van der Waals surface area (Å²) < 4.78 is 6.60. The Hall–Kier alpha value is -2.30. The molecule has 1 aromatic carbocycles. The molecule has 0 fully saturated rings. The van der Waals surface area contributed by atoms with Gasteiger partial charge in [-0.1, -0.05) is 0 Å². The third-order valence-electron chi connectivity index (χ3n) is 3.61. The molecule has 0 aliphatic heterocycles. The average Bonchev–Trinajstić information content (AvgIpc) is 2.51. The first-order valence-corrected chi connectivity index (χ1v) is 7.05. The Labute approximate surface area is 123 Å². The van der Waals surface area contributed by atoms with Gasteiger partial charge < -0.3 is 14.2 Å². The van der Waals surface area contributed by atoms with Crippen LogP contribution in [0.4, 0.5) is 0 Å². The van der Waals surface area contributed by atoms with Gasteiger partial charge in [0.2, 0.25) is 5.91 Å². The number of aromatic nitrogens is 1. The van der Waals surface area contributed by atoms with Crippen molar-refractivity contribution in [3.8, 4) is 5.75 Å². The summed E-state index contributed by atoms with van der Waals surface area (Å²) in [7, 11) is 1.59. The van der Waals surface area contributed by atoms with E-state index in [9.17, 15) is 9.59 Å². The minimum absolute atomic E-state index is 0.0463. The van der Waals surface area contributed by atoms with E-state index in [1.807, 2.05) is 26.0 Å². The first kappa shape index (κ1) is 15.1. The van der Waals surface area contributed by atoms with E-state index in [4.69, 9.17) is 4.74 Å². The van der Waals surface area contributed by atoms with Crippen molar-refractivity contribution in [1.82, 2.24) is 9.47 Å². The second-order valence-corrected chi connectivity index (χ2v) is 4.77. The standard InChI is InChI=1S/C16H20N2O3/c1-4-17(5-2)15(19)11-18-9-8-12-10-13(21-3)6-7-14(12)16(18)20/h6-10H,4-5,11H2,1-3H3. The van der Waals surface area contributed by atoms with Crippen molar-refractivity contribution < 1.29 is 9.53 Å². The van der Waals surface area contributed by atoms with Gasteiger partial charge in [-0.15, -0.1) is 0 Å². The van der Waals surface area contributed by atoms with E-state index in [0.29, 0.717) is 24.2 Å². The second-order valence-electron chi connectivity index (χ2n) is 4.77. The Morgan fingerprint density at radius 3 is 2.57 bits per heavy atom. The molecule has 0 radical (unpaired) electrons. The van der Waals surface area contributed by atoms with Gasteiger partial charge in [-0.3, -0.25) is 9.59 Å². The average molecular weight is 288 g/mol. The van der Waals surface area contributed by atoms with E-state index in [1.54, 1.807) is 30.3 Å². The summed E-state index contributed by atoms with van der Waals surface area (Å²) >= 11 is 0. The summed E-state index contributed by atoms with van der Waals surface area (Å²) in [6.45, 7) is 5.22. The smallest absolute Gasteiger partial charge is 0.258 e. The first-order chi connectivity index (χ1) is 10.1. The normalized spacial score (nSPS) is 10.6. The minimum atomic E-state index is -0.157. The molecule has 0 unspecified atom stereocenters. The van der Waals surface area contributed by atoms with Gasteiger partial charge in [-0.2, -0.15) is 0 Å². The molecule has 112 valence electrons. The molecule has 21 heavy (non-hydrogen) atoms. The fourth-order valence-electron chi connectivity index (χ4n) is 2.34. The van der Waals surface area contributed by atoms with Gasteiger partial charge in [-0.05, 0) is 43.5 Å². The SMILES string of the molecule is CCN(CC)C(=O)Cn1ccc2cc(OC)ccc2c1=O. The lowest BCUT2D eigenvalue weighted by atomic mass is 10.1. The van der Waals surface area contributed by atoms with E-state index in [2.05, 4.69) is 0 Å². The molecule has 0 aliphatic carbocycles. The number of likely N-dealkylation sites (N-methyl/N-ethyl adjacent to an activating group) is 1. The number of fused-ring (bicyclic) bond motifs is 1. The van der Waals surface area contributed by atoms with E-state index in [-0.39, 0.29) is 18.0 Å². The number of pyridine rings is 1. The molecule has 1 aromatic heterocycles.